The molecule has 0 atom stereocenters. The molecule has 7 heteroatoms. The molecule has 0 bridgehead atoms. The maximum atomic E-state index is 12.1. The van der Waals surface area contributed by atoms with Crippen LogP contribution in [0.25, 0.3) is 0 Å². The second kappa shape index (κ2) is 7.36. The molecule has 7 nitrogen and oxygen atoms in total. The number of rotatable bonds is 5. The van der Waals surface area contributed by atoms with Gasteiger partial charge in [-0.15, -0.1) is 0 Å². The molecule has 0 spiro atoms. The number of hydrogen-bond acceptors (Lipinski definition) is 5. The molecule has 0 heterocycles. The molecule has 0 aliphatic heterocycles. The Kier molecular flexibility index (Phi) is 5.26. The fourth-order valence-corrected chi connectivity index (χ4v) is 2.16. The first-order valence-corrected chi connectivity index (χ1v) is 7.13. The van der Waals surface area contributed by atoms with Gasteiger partial charge in [-0.3, -0.25) is 14.9 Å². The number of nitrogens with one attached hydrogen (secondary N) is 1. The zero-order valence-electron chi connectivity index (χ0n) is 13.2. The van der Waals surface area contributed by atoms with Gasteiger partial charge in [-0.05, 0) is 36.2 Å². The van der Waals surface area contributed by atoms with Crippen LogP contribution in [0.2, 0.25) is 0 Å². The molecular weight excluding hydrogens is 312 g/mol. The maximum Gasteiger partial charge on any atom is 0.337 e. The van der Waals surface area contributed by atoms with Crippen LogP contribution in [-0.2, 0) is 16.0 Å². The van der Waals surface area contributed by atoms with Crippen molar-refractivity contribution in [1.82, 2.24) is 0 Å². The highest BCUT2D eigenvalue weighted by atomic mass is 16.6. The standard InChI is InChI=1S/C17H16N2O5/c1-11-9-13(17(21)24-2)5-8-15(11)18-16(20)10-12-3-6-14(7-4-12)19(22)23/h3-9H,10H2,1-2H3,(H,18,20). The molecule has 0 fully saturated rings. The molecule has 0 aliphatic carbocycles. The second-order valence-corrected chi connectivity index (χ2v) is 5.17. The van der Waals surface area contributed by atoms with Crippen LogP contribution in [0.3, 0.4) is 0 Å². The number of nitrogens with zero attached hydrogens (tertiary/aromatic N) is 1. The summed E-state index contributed by atoms with van der Waals surface area (Å²) in [5.74, 6) is -0.695. The lowest BCUT2D eigenvalue weighted by atomic mass is 10.1. The van der Waals surface area contributed by atoms with Crippen LogP contribution in [0.5, 0.6) is 0 Å². The quantitative estimate of drug-likeness (QED) is 0.517. The first-order valence-electron chi connectivity index (χ1n) is 7.13. The third-order valence-electron chi connectivity index (χ3n) is 3.43. The highest BCUT2D eigenvalue weighted by molar-refractivity contribution is 5.95. The van der Waals surface area contributed by atoms with Crippen LogP contribution in [0.1, 0.15) is 21.5 Å². The first-order chi connectivity index (χ1) is 11.4. The first kappa shape index (κ1) is 17.1. The number of non-ortho nitro benzene ring substituents is 1. The normalized spacial score (nSPS) is 10.1. The van der Waals surface area contributed by atoms with E-state index in [-0.39, 0.29) is 18.0 Å². The van der Waals surface area contributed by atoms with Crippen LogP contribution in [0, 0.1) is 17.0 Å². The minimum Gasteiger partial charge on any atom is -0.465 e. The smallest absolute Gasteiger partial charge is 0.337 e. The summed E-state index contributed by atoms with van der Waals surface area (Å²) in [6.07, 6.45) is 0.0934. The Hall–Kier alpha value is -3.22. The fraction of sp³-hybridized carbons (Fsp3) is 0.176. The van der Waals surface area contributed by atoms with Crippen molar-refractivity contribution >= 4 is 23.3 Å². The Balaban J connectivity index is 2.04. The van der Waals surface area contributed by atoms with Crippen molar-refractivity contribution in [2.75, 3.05) is 12.4 Å². The molecule has 1 N–H and O–H groups in total. The molecule has 2 rings (SSSR count). The lowest BCUT2D eigenvalue weighted by Crippen LogP contribution is -2.15. The van der Waals surface area contributed by atoms with Crippen LogP contribution in [-0.4, -0.2) is 23.9 Å². The minimum atomic E-state index is -0.490. The molecule has 0 radical (unpaired) electrons. The number of carbonyl (C=O) groups excluding carboxylic acids is 2. The minimum absolute atomic E-state index is 0.0200. The molecule has 1 amide bonds. The number of anilines is 1. The topological polar surface area (TPSA) is 98.5 Å². The Labute approximate surface area is 138 Å². The van der Waals surface area contributed by atoms with Gasteiger partial charge in [0, 0.05) is 17.8 Å². The molecule has 0 aliphatic rings. The number of nitro benzene ring substituents is 1. The van der Waals surface area contributed by atoms with Gasteiger partial charge in [0.25, 0.3) is 5.69 Å². The summed E-state index contributed by atoms with van der Waals surface area (Å²) in [4.78, 5) is 33.7. The highest BCUT2D eigenvalue weighted by Gasteiger charge is 2.11. The van der Waals surface area contributed by atoms with Crippen LogP contribution >= 0.6 is 0 Å². The van der Waals surface area contributed by atoms with E-state index in [0.29, 0.717) is 16.8 Å². The van der Waals surface area contributed by atoms with E-state index in [2.05, 4.69) is 10.1 Å². The zero-order chi connectivity index (χ0) is 17.7. The predicted molar refractivity (Wildman–Crippen MR) is 87.9 cm³/mol. The Bertz CT molecular complexity index is 784. The molecule has 2 aromatic rings. The largest absolute Gasteiger partial charge is 0.465 e. The summed E-state index contributed by atoms with van der Waals surface area (Å²) < 4.78 is 4.64. The highest BCUT2D eigenvalue weighted by Crippen LogP contribution is 2.18. The Morgan fingerprint density at radius 2 is 1.83 bits per heavy atom. The van der Waals surface area contributed by atoms with Gasteiger partial charge >= 0.3 is 5.97 Å². The number of methoxy groups -OCH3 is 1. The number of benzene rings is 2. The van der Waals surface area contributed by atoms with Gasteiger partial charge in [0.1, 0.15) is 0 Å². The number of aryl methyl sites for hydroxylation is 1. The van der Waals surface area contributed by atoms with Crippen molar-refractivity contribution < 1.29 is 19.2 Å². The predicted octanol–water partition coefficient (Wildman–Crippen LogP) is 2.87. The van der Waals surface area contributed by atoms with Crippen molar-refractivity contribution in [1.29, 1.82) is 0 Å². The summed E-state index contributed by atoms with van der Waals surface area (Å²) in [7, 11) is 1.30. The Morgan fingerprint density at radius 1 is 1.17 bits per heavy atom. The van der Waals surface area contributed by atoms with Crippen LogP contribution < -0.4 is 5.32 Å². The zero-order valence-corrected chi connectivity index (χ0v) is 13.2. The van der Waals surface area contributed by atoms with E-state index >= 15 is 0 Å². The van der Waals surface area contributed by atoms with Gasteiger partial charge in [0.15, 0.2) is 0 Å². The van der Waals surface area contributed by atoms with Crippen LogP contribution in [0.15, 0.2) is 42.5 Å². The van der Waals surface area contributed by atoms with Crippen molar-refractivity contribution in [3.05, 3.63) is 69.3 Å². The molecule has 124 valence electrons. The number of carbonyl (C=O) groups is 2. The third-order valence-corrected chi connectivity index (χ3v) is 3.43. The molecular formula is C17H16N2O5. The lowest BCUT2D eigenvalue weighted by Gasteiger charge is -2.10. The lowest BCUT2D eigenvalue weighted by molar-refractivity contribution is -0.384. The maximum absolute atomic E-state index is 12.1. The average Bonchev–Trinajstić information content (AvgIpc) is 2.56. The summed E-state index contributed by atoms with van der Waals surface area (Å²) in [6, 6.07) is 10.6. The van der Waals surface area contributed by atoms with E-state index in [1.807, 2.05) is 0 Å². The number of nitro groups is 1. The van der Waals surface area contributed by atoms with Gasteiger partial charge in [-0.1, -0.05) is 12.1 Å². The number of hydrogen-bond donors (Lipinski definition) is 1. The molecule has 0 aromatic heterocycles. The van der Waals surface area contributed by atoms with E-state index in [1.165, 1.54) is 19.2 Å². The summed E-state index contributed by atoms with van der Waals surface area (Å²) in [5.41, 5.74) is 2.38. The van der Waals surface area contributed by atoms with Gasteiger partial charge in [-0.2, -0.15) is 0 Å². The van der Waals surface area contributed by atoms with Crippen LogP contribution in [0.4, 0.5) is 11.4 Å². The van der Waals surface area contributed by atoms with Crippen molar-refractivity contribution in [3.63, 3.8) is 0 Å². The number of ether oxygens (including phenoxy) is 1. The van der Waals surface area contributed by atoms with E-state index in [4.69, 9.17) is 0 Å². The van der Waals surface area contributed by atoms with E-state index in [0.717, 1.165) is 5.56 Å². The molecule has 0 unspecified atom stereocenters. The monoisotopic (exact) mass is 328 g/mol. The average molecular weight is 328 g/mol. The van der Waals surface area contributed by atoms with Crippen molar-refractivity contribution in [2.45, 2.75) is 13.3 Å². The SMILES string of the molecule is COC(=O)c1ccc(NC(=O)Cc2ccc([N+](=O)[O-])cc2)c(C)c1. The summed E-state index contributed by atoms with van der Waals surface area (Å²) in [5, 5.41) is 13.4. The van der Waals surface area contributed by atoms with E-state index in [9.17, 15) is 19.7 Å². The van der Waals surface area contributed by atoms with Crippen molar-refractivity contribution in [2.24, 2.45) is 0 Å². The van der Waals surface area contributed by atoms with Gasteiger partial charge < -0.3 is 10.1 Å². The van der Waals surface area contributed by atoms with E-state index < -0.39 is 10.9 Å². The molecule has 24 heavy (non-hydrogen) atoms. The molecule has 0 saturated heterocycles. The van der Waals surface area contributed by atoms with Gasteiger partial charge in [0.05, 0.1) is 24.0 Å². The van der Waals surface area contributed by atoms with E-state index in [1.54, 1.807) is 37.3 Å². The van der Waals surface area contributed by atoms with Gasteiger partial charge in [-0.25, -0.2) is 4.79 Å². The Morgan fingerprint density at radius 3 is 2.38 bits per heavy atom. The molecule has 2 aromatic carbocycles. The number of amides is 1. The molecule has 0 saturated carbocycles. The fourth-order valence-electron chi connectivity index (χ4n) is 2.16. The van der Waals surface area contributed by atoms with Gasteiger partial charge in [0.2, 0.25) is 5.91 Å². The summed E-state index contributed by atoms with van der Waals surface area (Å²) in [6.45, 7) is 1.77. The number of esters is 1. The third kappa shape index (κ3) is 4.16. The summed E-state index contributed by atoms with van der Waals surface area (Å²) >= 11 is 0. The second-order valence-electron chi connectivity index (χ2n) is 5.17. The van der Waals surface area contributed by atoms with Crippen molar-refractivity contribution in [3.8, 4) is 0 Å².